The summed E-state index contributed by atoms with van der Waals surface area (Å²) in [5.41, 5.74) is 0.758. The van der Waals surface area contributed by atoms with Crippen LogP contribution in [0.15, 0.2) is 24.3 Å². The molecule has 1 saturated heterocycles. The summed E-state index contributed by atoms with van der Waals surface area (Å²) in [4.78, 5) is 12.1. The van der Waals surface area contributed by atoms with Crippen LogP contribution in [0.5, 0.6) is 0 Å². The van der Waals surface area contributed by atoms with Crippen LogP contribution in [-0.4, -0.2) is 49.1 Å². The van der Waals surface area contributed by atoms with Crippen molar-refractivity contribution in [3.8, 4) is 0 Å². The Balaban J connectivity index is 1.92. The summed E-state index contributed by atoms with van der Waals surface area (Å²) in [6.07, 6.45) is 3.79. The Morgan fingerprint density at radius 3 is 2.32 bits per heavy atom. The van der Waals surface area contributed by atoms with Gasteiger partial charge in [-0.25, -0.2) is 4.39 Å². The van der Waals surface area contributed by atoms with Gasteiger partial charge in [0, 0.05) is 26.2 Å². The van der Waals surface area contributed by atoms with Gasteiger partial charge in [-0.15, -0.1) is 0 Å². The Labute approximate surface area is 149 Å². The molecule has 8 heteroatoms. The predicted octanol–water partition coefficient (Wildman–Crippen LogP) is 1.88. The van der Waals surface area contributed by atoms with Crippen LogP contribution in [0, 0.1) is 5.82 Å². The van der Waals surface area contributed by atoms with Crippen LogP contribution in [0.25, 0.3) is 0 Å². The molecule has 0 aromatic heterocycles. The Bertz CT molecular complexity index is 656. The number of carbonyl (C=O) groups is 1. The number of nitrogens with zero attached hydrogens (tertiary/aromatic N) is 2. The largest absolute Gasteiger partial charge is 0.351 e. The third-order valence-electron chi connectivity index (χ3n) is 4.29. The summed E-state index contributed by atoms with van der Waals surface area (Å²) in [5.74, 6) is -0.708. The monoisotopic (exact) mass is 371 g/mol. The normalized spacial score (nSPS) is 16.6. The second kappa shape index (κ2) is 9.26. The highest BCUT2D eigenvalue weighted by molar-refractivity contribution is 7.86. The molecule has 1 aliphatic rings. The molecule has 1 heterocycles. The van der Waals surface area contributed by atoms with Crippen molar-refractivity contribution in [1.29, 1.82) is 0 Å². The average Bonchev–Trinajstić information content (AvgIpc) is 2.89. The van der Waals surface area contributed by atoms with E-state index in [1.165, 1.54) is 20.7 Å². The van der Waals surface area contributed by atoms with Gasteiger partial charge in [-0.05, 0) is 30.5 Å². The first-order valence-electron chi connectivity index (χ1n) is 8.70. The van der Waals surface area contributed by atoms with Crippen molar-refractivity contribution in [2.45, 2.75) is 39.2 Å². The molecule has 0 unspecified atom stereocenters. The maximum atomic E-state index is 12.9. The molecule has 0 atom stereocenters. The van der Waals surface area contributed by atoms with Crippen molar-refractivity contribution in [3.63, 3.8) is 0 Å². The van der Waals surface area contributed by atoms with Gasteiger partial charge in [0.05, 0.1) is 6.54 Å². The molecule has 0 radical (unpaired) electrons. The maximum Gasteiger partial charge on any atom is 0.282 e. The Morgan fingerprint density at radius 1 is 1.16 bits per heavy atom. The van der Waals surface area contributed by atoms with Crippen LogP contribution in [0.2, 0.25) is 0 Å². The number of nitrogens with one attached hydrogen (secondary N) is 1. The number of likely N-dealkylation sites (N-methyl/N-ethyl adjacent to an activating group) is 1. The lowest BCUT2D eigenvalue weighted by Crippen LogP contribution is -2.48. The van der Waals surface area contributed by atoms with Crippen LogP contribution in [0.1, 0.15) is 38.2 Å². The first-order valence-corrected chi connectivity index (χ1v) is 10.1. The number of carbonyl (C=O) groups excluding carboxylic acids is 1. The topological polar surface area (TPSA) is 69.7 Å². The molecule has 1 aromatic rings. The van der Waals surface area contributed by atoms with Gasteiger partial charge in [0.25, 0.3) is 10.2 Å². The molecule has 0 bridgehead atoms. The molecule has 140 valence electrons. The van der Waals surface area contributed by atoms with E-state index < -0.39 is 10.2 Å². The van der Waals surface area contributed by atoms with Gasteiger partial charge >= 0.3 is 0 Å². The van der Waals surface area contributed by atoms with E-state index in [2.05, 4.69) is 5.32 Å². The summed E-state index contributed by atoms with van der Waals surface area (Å²) in [7, 11) is -3.62. The van der Waals surface area contributed by atoms with E-state index in [1.54, 1.807) is 19.1 Å². The zero-order chi connectivity index (χ0) is 18.3. The van der Waals surface area contributed by atoms with Crippen LogP contribution in [0.3, 0.4) is 0 Å². The lowest BCUT2D eigenvalue weighted by atomic mass is 10.2. The minimum Gasteiger partial charge on any atom is -0.351 e. The highest BCUT2D eigenvalue weighted by Crippen LogP contribution is 2.16. The minimum atomic E-state index is -3.62. The van der Waals surface area contributed by atoms with Gasteiger partial charge in [0.1, 0.15) is 5.82 Å². The van der Waals surface area contributed by atoms with Crippen molar-refractivity contribution in [2.75, 3.05) is 26.2 Å². The molecule has 1 fully saturated rings. The second-order valence-corrected chi connectivity index (χ2v) is 8.08. The summed E-state index contributed by atoms with van der Waals surface area (Å²) in [5, 5.41) is 2.68. The van der Waals surface area contributed by atoms with Crippen molar-refractivity contribution in [2.24, 2.45) is 0 Å². The predicted molar refractivity (Wildman–Crippen MR) is 94.5 cm³/mol. The standard InChI is InChI=1S/C17H26FN3O3S/c1-2-20(25(23,24)21-11-5-3-4-6-12-21)14-17(22)19-13-15-7-9-16(18)10-8-15/h7-10H,2-6,11-14H2,1H3,(H,19,22). The molecule has 1 N–H and O–H groups in total. The van der Waals surface area contributed by atoms with E-state index in [0.717, 1.165) is 31.2 Å². The molecule has 2 rings (SSSR count). The number of hydrogen-bond donors (Lipinski definition) is 1. The minimum absolute atomic E-state index is 0.212. The molecule has 0 spiro atoms. The smallest absolute Gasteiger partial charge is 0.282 e. The Morgan fingerprint density at radius 2 is 1.76 bits per heavy atom. The van der Waals surface area contributed by atoms with E-state index in [4.69, 9.17) is 0 Å². The van der Waals surface area contributed by atoms with Gasteiger partial charge in [0.2, 0.25) is 5.91 Å². The molecule has 1 aromatic carbocycles. The third kappa shape index (κ3) is 5.76. The van der Waals surface area contributed by atoms with Gasteiger partial charge < -0.3 is 5.32 Å². The lowest BCUT2D eigenvalue weighted by molar-refractivity contribution is -0.121. The number of benzene rings is 1. The van der Waals surface area contributed by atoms with Crippen molar-refractivity contribution < 1.29 is 17.6 Å². The summed E-state index contributed by atoms with van der Waals surface area (Å²) in [6, 6.07) is 5.82. The molecule has 1 amide bonds. The van der Waals surface area contributed by atoms with Gasteiger partial charge in [0.15, 0.2) is 0 Å². The van der Waals surface area contributed by atoms with Gasteiger partial charge in [-0.2, -0.15) is 17.0 Å². The zero-order valence-corrected chi connectivity index (χ0v) is 15.4. The van der Waals surface area contributed by atoms with Crippen molar-refractivity contribution in [1.82, 2.24) is 13.9 Å². The highest BCUT2D eigenvalue weighted by Gasteiger charge is 2.30. The molecular weight excluding hydrogens is 345 g/mol. The van der Waals surface area contributed by atoms with Gasteiger partial charge in [-0.1, -0.05) is 31.9 Å². The highest BCUT2D eigenvalue weighted by atomic mass is 32.2. The number of amides is 1. The fraction of sp³-hybridized carbons (Fsp3) is 0.588. The zero-order valence-electron chi connectivity index (χ0n) is 14.6. The van der Waals surface area contributed by atoms with Gasteiger partial charge in [-0.3, -0.25) is 4.79 Å². The molecular formula is C17H26FN3O3S. The van der Waals surface area contributed by atoms with Crippen molar-refractivity contribution in [3.05, 3.63) is 35.6 Å². The first kappa shape index (κ1) is 19.8. The van der Waals surface area contributed by atoms with Crippen molar-refractivity contribution >= 4 is 16.1 Å². The molecule has 6 nitrogen and oxygen atoms in total. The van der Waals surface area contributed by atoms with Crippen LogP contribution in [0.4, 0.5) is 4.39 Å². The summed E-state index contributed by atoms with van der Waals surface area (Å²) < 4.78 is 41.1. The Kier molecular flexibility index (Phi) is 7.34. The van der Waals surface area contributed by atoms with E-state index in [9.17, 15) is 17.6 Å². The number of halogens is 1. The average molecular weight is 371 g/mol. The Hall–Kier alpha value is -1.51. The maximum absolute atomic E-state index is 12.9. The fourth-order valence-electron chi connectivity index (χ4n) is 2.81. The molecule has 0 saturated carbocycles. The lowest BCUT2D eigenvalue weighted by Gasteiger charge is -2.27. The quantitative estimate of drug-likeness (QED) is 0.796. The molecule has 1 aliphatic heterocycles. The van der Waals surface area contributed by atoms with E-state index in [1.807, 2.05) is 0 Å². The SMILES string of the molecule is CCN(CC(=O)NCc1ccc(F)cc1)S(=O)(=O)N1CCCCCC1. The van der Waals surface area contributed by atoms with E-state index in [-0.39, 0.29) is 31.4 Å². The van der Waals surface area contributed by atoms with E-state index in [0.29, 0.717) is 13.1 Å². The van der Waals surface area contributed by atoms with E-state index >= 15 is 0 Å². The van der Waals surface area contributed by atoms with Crippen LogP contribution < -0.4 is 5.32 Å². The number of hydrogen-bond acceptors (Lipinski definition) is 3. The summed E-state index contributed by atoms with van der Waals surface area (Å²) in [6.45, 7) is 3.01. The molecule has 25 heavy (non-hydrogen) atoms. The second-order valence-electron chi connectivity index (χ2n) is 6.15. The number of rotatable bonds is 7. The first-order chi connectivity index (χ1) is 11.9. The molecule has 0 aliphatic carbocycles. The van der Waals surface area contributed by atoms with Crippen LogP contribution >= 0.6 is 0 Å². The fourth-order valence-corrected chi connectivity index (χ4v) is 4.46. The van der Waals surface area contributed by atoms with Crippen LogP contribution in [-0.2, 0) is 21.5 Å². The summed E-state index contributed by atoms with van der Waals surface area (Å²) >= 11 is 0. The third-order valence-corrected chi connectivity index (χ3v) is 6.35.